The zero-order chi connectivity index (χ0) is 13.3. The summed E-state index contributed by atoms with van der Waals surface area (Å²) in [5.41, 5.74) is 5.45. The van der Waals surface area contributed by atoms with Gasteiger partial charge in [-0.05, 0) is 40.4 Å². The summed E-state index contributed by atoms with van der Waals surface area (Å²) in [6.07, 6.45) is 3.18. The number of nitrogens with one attached hydrogen (secondary N) is 1. The SMILES string of the molecule is Nc1cc(F)c(Br)cc1S(=O)(=O)NCCC1CC1. The summed E-state index contributed by atoms with van der Waals surface area (Å²) in [6, 6.07) is 2.18. The predicted molar refractivity (Wildman–Crippen MR) is 71.0 cm³/mol. The fourth-order valence-corrected chi connectivity index (χ4v) is 3.34. The lowest BCUT2D eigenvalue weighted by Crippen LogP contribution is -2.26. The van der Waals surface area contributed by atoms with Gasteiger partial charge in [-0.15, -0.1) is 0 Å². The van der Waals surface area contributed by atoms with Gasteiger partial charge in [0.15, 0.2) is 0 Å². The Hall–Kier alpha value is -0.660. The van der Waals surface area contributed by atoms with Crippen LogP contribution >= 0.6 is 15.9 Å². The van der Waals surface area contributed by atoms with Gasteiger partial charge in [0.05, 0.1) is 10.2 Å². The molecule has 0 heterocycles. The van der Waals surface area contributed by atoms with E-state index in [1.807, 2.05) is 0 Å². The summed E-state index contributed by atoms with van der Waals surface area (Å²) < 4.78 is 39.7. The van der Waals surface area contributed by atoms with Gasteiger partial charge in [-0.2, -0.15) is 0 Å². The molecule has 0 spiro atoms. The van der Waals surface area contributed by atoms with E-state index in [2.05, 4.69) is 20.7 Å². The Kier molecular flexibility index (Phi) is 3.93. The van der Waals surface area contributed by atoms with Crippen LogP contribution in [0.2, 0.25) is 0 Å². The number of benzene rings is 1. The molecular weight excluding hydrogens is 323 g/mol. The van der Waals surface area contributed by atoms with Gasteiger partial charge in [-0.25, -0.2) is 17.5 Å². The van der Waals surface area contributed by atoms with Gasteiger partial charge in [0.25, 0.3) is 0 Å². The third-order valence-electron chi connectivity index (χ3n) is 2.88. The van der Waals surface area contributed by atoms with Gasteiger partial charge in [-0.1, -0.05) is 12.8 Å². The molecule has 0 radical (unpaired) electrons. The average Bonchev–Trinajstić information content (AvgIpc) is 3.07. The van der Waals surface area contributed by atoms with Crippen molar-refractivity contribution in [2.24, 2.45) is 5.92 Å². The van der Waals surface area contributed by atoms with E-state index in [0.29, 0.717) is 12.5 Å². The molecule has 3 N–H and O–H groups in total. The Balaban J connectivity index is 2.14. The number of nitrogen functional groups attached to an aromatic ring is 1. The molecule has 4 nitrogen and oxygen atoms in total. The van der Waals surface area contributed by atoms with Crippen LogP contribution < -0.4 is 10.5 Å². The van der Waals surface area contributed by atoms with Crippen molar-refractivity contribution in [1.82, 2.24) is 4.72 Å². The van der Waals surface area contributed by atoms with Crippen molar-refractivity contribution in [3.8, 4) is 0 Å². The van der Waals surface area contributed by atoms with Crippen LogP contribution in [0.4, 0.5) is 10.1 Å². The van der Waals surface area contributed by atoms with E-state index < -0.39 is 15.8 Å². The highest BCUT2D eigenvalue weighted by molar-refractivity contribution is 9.10. The van der Waals surface area contributed by atoms with Crippen molar-refractivity contribution in [2.75, 3.05) is 12.3 Å². The second kappa shape index (κ2) is 5.14. The molecule has 0 saturated heterocycles. The lowest BCUT2D eigenvalue weighted by Gasteiger charge is -2.09. The standard InChI is InChI=1S/C11H14BrFN2O2S/c12-8-5-11(10(14)6-9(8)13)18(16,17)15-4-3-7-1-2-7/h5-7,15H,1-4,14H2. The van der Waals surface area contributed by atoms with E-state index in [4.69, 9.17) is 5.73 Å². The fraction of sp³-hybridized carbons (Fsp3) is 0.455. The van der Waals surface area contributed by atoms with Gasteiger partial charge in [-0.3, -0.25) is 0 Å². The maximum absolute atomic E-state index is 13.2. The quantitative estimate of drug-likeness (QED) is 0.810. The van der Waals surface area contributed by atoms with Crippen LogP contribution in [0.1, 0.15) is 19.3 Å². The zero-order valence-corrected chi connectivity index (χ0v) is 12.0. The number of sulfonamides is 1. The first kappa shape index (κ1) is 13.8. The van der Waals surface area contributed by atoms with Crippen LogP contribution in [0.3, 0.4) is 0 Å². The maximum atomic E-state index is 13.2. The van der Waals surface area contributed by atoms with Gasteiger partial charge in [0, 0.05) is 6.54 Å². The van der Waals surface area contributed by atoms with Gasteiger partial charge < -0.3 is 5.73 Å². The lowest BCUT2D eigenvalue weighted by molar-refractivity contribution is 0.574. The Morgan fingerprint density at radius 2 is 2.11 bits per heavy atom. The largest absolute Gasteiger partial charge is 0.398 e. The molecule has 1 aromatic carbocycles. The molecular formula is C11H14BrFN2O2S. The number of anilines is 1. The van der Waals surface area contributed by atoms with Crippen LogP contribution in [0, 0.1) is 11.7 Å². The van der Waals surface area contributed by atoms with E-state index in [9.17, 15) is 12.8 Å². The number of halogens is 2. The Labute approximate surface area is 114 Å². The second-order valence-electron chi connectivity index (χ2n) is 4.43. The molecule has 1 aliphatic rings. The lowest BCUT2D eigenvalue weighted by atomic mass is 10.3. The molecule has 0 bridgehead atoms. The smallest absolute Gasteiger partial charge is 0.242 e. The summed E-state index contributed by atoms with van der Waals surface area (Å²) in [4.78, 5) is -0.0911. The molecule has 0 aliphatic heterocycles. The number of nitrogens with two attached hydrogens (primary N) is 1. The van der Waals surface area contributed by atoms with Crippen LogP contribution in [0.15, 0.2) is 21.5 Å². The Bertz CT molecular complexity index is 558. The summed E-state index contributed by atoms with van der Waals surface area (Å²) >= 11 is 2.95. The number of rotatable bonds is 5. The topological polar surface area (TPSA) is 72.2 Å². The van der Waals surface area contributed by atoms with Crippen LogP contribution in [-0.2, 0) is 10.0 Å². The van der Waals surface area contributed by atoms with Crippen molar-refractivity contribution in [3.05, 3.63) is 22.4 Å². The number of hydrogen-bond donors (Lipinski definition) is 2. The van der Waals surface area contributed by atoms with Crippen molar-refractivity contribution < 1.29 is 12.8 Å². The fourth-order valence-electron chi connectivity index (χ4n) is 1.66. The monoisotopic (exact) mass is 336 g/mol. The molecule has 18 heavy (non-hydrogen) atoms. The number of hydrogen-bond acceptors (Lipinski definition) is 3. The van der Waals surface area contributed by atoms with Gasteiger partial charge in [0.1, 0.15) is 10.7 Å². The van der Waals surface area contributed by atoms with Crippen molar-refractivity contribution in [2.45, 2.75) is 24.2 Å². The highest BCUT2D eigenvalue weighted by atomic mass is 79.9. The minimum atomic E-state index is -3.67. The molecule has 1 saturated carbocycles. The van der Waals surface area contributed by atoms with Crippen LogP contribution in [-0.4, -0.2) is 15.0 Å². The summed E-state index contributed by atoms with van der Waals surface area (Å²) in [5.74, 6) is 0.0643. The highest BCUT2D eigenvalue weighted by Gasteiger charge is 2.23. The first-order valence-corrected chi connectivity index (χ1v) is 7.92. The third kappa shape index (κ3) is 3.21. The van der Waals surface area contributed by atoms with Crippen molar-refractivity contribution in [3.63, 3.8) is 0 Å². The summed E-state index contributed by atoms with van der Waals surface area (Å²) in [6.45, 7) is 0.390. The molecule has 1 aliphatic carbocycles. The zero-order valence-electron chi connectivity index (χ0n) is 9.62. The van der Waals surface area contributed by atoms with E-state index in [1.165, 1.54) is 18.9 Å². The molecule has 0 amide bonds. The summed E-state index contributed by atoms with van der Waals surface area (Å²) in [7, 11) is -3.67. The molecule has 0 unspecified atom stereocenters. The molecule has 100 valence electrons. The third-order valence-corrected chi connectivity index (χ3v) is 5.01. The Morgan fingerprint density at radius 1 is 1.44 bits per heavy atom. The predicted octanol–water partition coefficient (Wildman–Crippen LogP) is 2.25. The minimum absolute atomic E-state index is 0.0827. The second-order valence-corrected chi connectivity index (χ2v) is 7.02. The Morgan fingerprint density at radius 3 is 2.72 bits per heavy atom. The van der Waals surface area contributed by atoms with E-state index in [0.717, 1.165) is 12.5 Å². The highest BCUT2D eigenvalue weighted by Crippen LogP contribution is 2.32. The van der Waals surface area contributed by atoms with Gasteiger partial charge >= 0.3 is 0 Å². The first-order chi connectivity index (χ1) is 8.40. The van der Waals surface area contributed by atoms with E-state index in [1.54, 1.807) is 0 Å². The van der Waals surface area contributed by atoms with Crippen molar-refractivity contribution >= 4 is 31.6 Å². The maximum Gasteiger partial charge on any atom is 0.242 e. The molecule has 7 heteroatoms. The molecule has 2 rings (SSSR count). The molecule has 1 fully saturated rings. The summed E-state index contributed by atoms with van der Waals surface area (Å²) in [5, 5.41) is 0. The van der Waals surface area contributed by atoms with E-state index in [-0.39, 0.29) is 15.1 Å². The van der Waals surface area contributed by atoms with Crippen molar-refractivity contribution in [1.29, 1.82) is 0 Å². The van der Waals surface area contributed by atoms with Crippen LogP contribution in [0.25, 0.3) is 0 Å². The van der Waals surface area contributed by atoms with Gasteiger partial charge in [0.2, 0.25) is 10.0 Å². The molecule has 1 aromatic rings. The molecule has 0 aromatic heterocycles. The first-order valence-electron chi connectivity index (χ1n) is 5.64. The minimum Gasteiger partial charge on any atom is -0.398 e. The molecule has 0 atom stereocenters. The average molecular weight is 337 g/mol. The normalized spacial score (nSPS) is 15.9. The van der Waals surface area contributed by atoms with E-state index >= 15 is 0 Å². The van der Waals surface area contributed by atoms with Crippen LogP contribution in [0.5, 0.6) is 0 Å².